The van der Waals surface area contributed by atoms with Crippen molar-refractivity contribution in [2.75, 3.05) is 6.61 Å². The summed E-state index contributed by atoms with van der Waals surface area (Å²) >= 11 is 0. The summed E-state index contributed by atoms with van der Waals surface area (Å²) in [4.78, 5) is 0. The highest BCUT2D eigenvalue weighted by Crippen LogP contribution is 2.30. The van der Waals surface area contributed by atoms with Crippen LogP contribution >= 0.6 is 0 Å². The molecule has 0 aromatic rings. The first kappa shape index (κ1) is 8.06. The summed E-state index contributed by atoms with van der Waals surface area (Å²) in [6.45, 7) is 7.70. The first-order chi connectivity index (χ1) is 4.64. The number of hydrogen-bond donors (Lipinski definition) is 0. The van der Waals surface area contributed by atoms with Gasteiger partial charge in [0, 0.05) is 0 Å². The lowest BCUT2D eigenvalue weighted by molar-refractivity contribution is -0.0490. The molecule has 1 nitrogen and oxygen atoms in total. The maximum atomic E-state index is 5.64. The van der Waals surface area contributed by atoms with Crippen LogP contribution in [0.4, 0.5) is 0 Å². The van der Waals surface area contributed by atoms with Crippen LogP contribution in [-0.4, -0.2) is 12.7 Å². The van der Waals surface area contributed by atoms with Crippen LogP contribution in [0.1, 0.15) is 40.0 Å². The molecule has 0 spiro atoms. The normalized spacial score (nSPS) is 32.1. The smallest absolute Gasteiger partial charge is 0.0573 e. The Kier molecular flexibility index (Phi) is 2.35. The lowest BCUT2D eigenvalue weighted by Gasteiger charge is -2.34. The van der Waals surface area contributed by atoms with Gasteiger partial charge >= 0.3 is 0 Å². The molecule has 1 rings (SSSR count). The summed E-state index contributed by atoms with van der Waals surface area (Å²) in [6, 6.07) is 0. The van der Waals surface area contributed by atoms with Crippen LogP contribution in [0.2, 0.25) is 0 Å². The lowest BCUT2D eigenvalue weighted by atomic mass is 9.85. The van der Waals surface area contributed by atoms with E-state index in [0.717, 1.165) is 6.61 Å². The minimum Gasteiger partial charge on any atom is -0.378 e. The zero-order chi connectivity index (χ0) is 7.61. The van der Waals surface area contributed by atoms with Crippen LogP contribution in [0.3, 0.4) is 0 Å². The standard InChI is InChI=1S/C9H18O/c1-4-8-5-6-9(2,3)7-10-8/h8H,4-7H2,1-3H3/t8-/m1/s1. The fourth-order valence-electron chi connectivity index (χ4n) is 1.37. The fourth-order valence-corrected chi connectivity index (χ4v) is 1.37. The zero-order valence-electron chi connectivity index (χ0n) is 7.31. The Balaban J connectivity index is 2.31. The van der Waals surface area contributed by atoms with Crippen molar-refractivity contribution in [2.24, 2.45) is 5.41 Å². The Labute approximate surface area is 63.8 Å². The average molecular weight is 142 g/mol. The van der Waals surface area contributed by atoms with Crippen molar-refractivity contribution in [2.45, 2.75) is 46.1 Å². The van der Waals surface area contributed by atoms with E-state index in [1.165, 1.54) is 19.3 Å². The highest BCUT2D eigenvalue weighted by Gasteiger charge is 2.26. The Morgan fingerprint density at radius 1 is 1.50 bits per heavy atom. The van der Waals surface area contributed by atoms with E-state index in [2.05, 4.69) is 20.8 Å². The second-order valence-corrected chi connectivity index (χ2v) is 4.04. The summed E-state index contributed by atoms with van der Waals surface area (Å²) in [7, 11) is 0. The fraction of sp³-hybridized carbons (Fsp3) is 1.00. The van der Waals surface area contributed by atoms with Gasteiger partial charge in [-0.25, -0.2) is 0 Å². The third kappa shape index (κ3) is 1.98. The van der Waals surface area contributed by atoms with E-state index in [1.54, 1.807) is 0 Å². The summed E-state index contributed by atoms with van der Waals surface area (Å²) in [6.07, 6.45) is 4.30. The number of rotatable bonds is 1. The van der Waals surface area contributed by atoms with Gasteiger partial charge in [-0.2, -0.15) is 0 Å². The lowest BCUT2D eigenvalue weighted by Crippen LogP contribution is -2.31. The highest BCUT2D eigenvalue weighted by molar-refractivity contribution is 4.75. The van der Waals surface area contributed by atoms with Crippen molar-refractivity contribution in [3.05, 3.63) is 0 Å². The Morgan fingerprint density at radius 3 is 2.60 bits per heavy atom. The average Bonchev–Trinajstić information content (AvgIpc) is 1.88. The van der Waals surface area contributed by atoms with E-state index in [-0.39, 0.29) is 0 Å². The van der Waals surface area contributed by atoms with Crippen LogP contribution in [0.5, 0.6) is 0 Å². The van der Waals surface area contributed by atoms with Gasteiger partial charge in [-0.3, -0.25) is 0 Å². The molecule has 0 aromatic carbocycles. The Bertz CT molecular complexity index is 97.3. The molecule has 1 aliphatic rings. The molecule has 1 atom stereocenters. The van der Waals surface area contributed by atoms with E-state index in [9.17, 15) is 0 Å². The minimum absolute atomic E-state index is 0.436. The molecule has 0 saturated carbocycles. The second-order valence-electron chi connectivity index (χ2n) is 4.04. The summed E-state index contributed by atoms with van der Waals surface area (Å²) in [5, 5.41) is 0. The van der Waals surface area contributed by atoms with Crippen LogP contribution in [0, 0.1) is 5.41 Å². The van der Waals surface area contributed by atoms with Crippen molar-refractivity contribution < 1.29 is 4.74 Å². The van der Waals surface area contributed by atoms with Crippen LogP contribution in [0.15, 0.2) is 0 Å². The van der Waals surface area contributed by atoms with Gasteiger partial charge in [0.15, 0.2) is 0 Å². The molecule has 1 saturated heterocycles. The molecule has 0 unspecified atom stereocenters. The van der Waals surface area contributed by atoms with Crippen molar-refractivity contribution in [1.29, 1.82) is 0 Å². The number of ether oxygens (including phenoxy) is 1. The molecule has 60 valence electrons. The van der Waals surface area contributed by atoms with Crippen molar-refractivity contribution in [1.82, 2.24) is 0 Å². The molecule has 0 aromatic heterocycles. The third-order valence-corrected chi connectivity index (χ3v) is 2.31. The Morgan fingerprint density at radius 2 is 2.20 bits per heavy atom. The van der Waals surface area contributed by atoms with Gasteiger partial charge in [-0.05, 0) is 24.7 Å². The molecule has 0 N–H and O–H groups in total. The van der Waals surface area contributed by atoms with E-state index < -0.39 is 0 Å². The van der Waals surface area contributed by atoms with Crippen molar-refractivity contribution >= 4 is 0 Å². The molecular formula is C9H18O. The quantitative estimate of drug-likeness (QED) is 0.547. The van der Waals surface area contributed by atoms with E-state index in [0.29, 0.717) is 11.5 Å². The van der Waals surface area contributed by atoms with Gasteiger partial charge in [0.2, 0.25) is 0 Å². The molecule has 0 amide bonds. The highest BCUT2D eigenvalue weighted by atomic mass is 16.5. The van der Waals surface area contributed by atoms with Gasteiger partial charge < -0.3 is 4.74 Å². The molecule has 0 bridgehead atoms. The second kappa shape index (κ2) is 2.91. The molecule has 10 heavy (non-hydrogen) atoms. The van der Waals surface area contributed by atoms with E-state index >= 15 is 0 Å². The summed E-state index contributed by atoms with van der Waals surface area (Å²) in [5.41, 5.74) is 0.436. The third-order valence-electron chi connectivity index (χ3n) is 2.31. The summed E-state index contributed by atoms with van der Waals surface area (Å²) in [5.74, 6) is 0. The molecular weight excluding hydrogens is 124 g/mol. The van der Waals surface area contributed by atoms with Crippen LogP contribution in [-0.2, 0) is 4.74 Å². The SMILES string of the molecule is CC[C@@H]1CCC(C)(C)CO1. The zero-order valence-corrected chi connectivity index (χ0v) is 7.31. The molecule has 1 aliphatic heterocycles. The maximum absolute atomic E-state index is 5.64. The molecule has 1 heterocycles. The largest absolute Gasteiger partial charge is 0.378 e. The maximum Gasteiger partial charge on any atom is 0.0573 e. The van der Waals surface area contributed by atoms with Crippen molar-refractivity contribution in [3.63, 3.8) is 0 Å². The van der Waals surface area contributed by atoms with Crippen LogP contribution in [0.25, 0.3) is 0 Å². The van der Waals surface area contributed by atoms with Gasteiger partial charge in [0.1, 0.15) is 0 Å². The van der Waals surface area contributed by atoms with Crippen LogP contribution < -0.4 is 0 Å². The minimum atomic E-state index is 0.436. The van der Waals surface area contributed by atoms with Gasteiger partial charge in [-0.15, -0.1) is 0 Å². The van der Waals surface area contributed by atoms with Crippen molar-refractivity contribution in [3.8, 4) is 0 Å². The first-order valence-corrected chi connectivity index (χ1v) is 4.26. The molecule has 1 fully saturated rings. The molecule has 1 heteroatoms. The summed E-state index contributed by atoms with van der Waals surface area (Å²) < 4.78 is 5.64. The first-order valence-electron chi connectivity index (χ1n) is 4.26. The topological polar surface area (TPSA) is 9.23 Å². The number of hydrogen-bond acceptors (Lipinski definition) is 1. The van der Waals surface area contributed by atoms with E-state index in [1.807, 2.05) is 0 Å². The predicted octanol–water partition coefficient (Wildman–Crippen LogP) is 2.60. The van der Waals surface area contributed by atoms with E-state index in [4.69, 9.17) is 4.74 Å². The molecule has 0 aliphatic carbocycles. The van der Waals surface area contributed by atoms with Gasteiger partial charge in [0.25, 0.3) is 0 Å². The Hall–Kier alpha value is -0.0400. The van der Waals surface area contributed by atoms with Gasteiger partial charge in [0.05, 0.1) is 12.7 Å². The monoisotopic (exact) mass is 142 g/mol. The predicted molar refractivity (Wildman–Crippen MR) is 43.0 cm³/mol. The van der Waals surface area contributed by atoms with Gasteiger partial charge in [-0.1, -0.05) is 20.8 Å². The molecule has 0 radical (unpaired) electrons.